The van der Waals surface area contributed by atoms with Crippen molar-refractivity contribution < 1.29 is 14.9 Å². The molecule has 0 saturated carbocycles. The van der Waals surface area contributed by atoms with Gasteiger partial charge in [-0.15, -0.1) is 0 Å². The lowest BCUT2D eigenvalue weighted by Crippen LogP contribution is -2.53. The third kappa shape index (κ3) is 2.40. The average Bonchev–Trinajstić information content (AvgIpc) is 2.10. The highest BCUT2D eigenvalue weighted by Crippen LogP contribution is 2.22. The van der Waals surface area contributed by atoms with Gasteiger partial charge in [-0.1, -0.05) is 6.92 Å². The number of aliphatic hydroxyl groups is 2. The summed E-state index contributed by atoms with van der Waals surface area (Å²) >= 11 is 0. The largest absolute Gasteiger partial charge is 0.389 e. The minimum atomic E-state index is -0.739. The van der Waals surface area contributed by atoms with Crippen LogP contribution in [0, 0.1) is 0 Å². The summed E-state index contributed by atoms with van der Waals surface area (Å²) in [5.74, 6) is 0. The van der Waals surface area contributed by atoms with Crippen molar-refractivity contribution in [1.82, 2.24) is 4.90 Å². The molecule has 0 aliphatic carbocycles. The molecule has 1 heterocycles. The minimum absolute atomic E-state index is 0.00347. The van der Waals surface area contributed by atoms with E-state index < -0.39 is 12.4 Å². The Morgan fingerprint density at radius 3 is 2.62 bits per heavy atom. The molecule has 2 N–H and O–H groups in total. The second-order valence-electron chi connectivity index (χ2n) is 3.66. The van der Waals surface area contributed by atoms with Crippen molar-refractivity contribution in [2.45, 2.75) is 44.8 Å². The molecule has 4 atom stereocenters. The zero-order valence-electron chi connectivity index (χ0n) is 8.47. The highest BCUT2D eigenvalue weighted by molar-refractivity contribution is 4.85. The van der Waals surface area contributed by atoms with Crippen LogP contribution < -0.4 is 0 Å². The smallest absolute Gasteiger partial charge is 0.156 e. The van der Waals surface area contributed by atoms with Crippen molar-refractivity contribution in [3.8, 4) is 0 Å². The summed E-state index contributed by atoms with van der Waals surface area (Å²) < 4.78 is 5.10. The third-order valence-electron chi connectivity index (χ3n) is 2.75. The summed E-state index contributed by atoms with van der Waals surface area (Å²) in [7, 11) is 1.94. The quantitative estimate of drug-likeness (QED) is 0.631. The monoisotopic (exact) mass is 189 g/mol. The maximum absolute atomic E-state index is 9.78. The van der Waals surface area contributed by atoms with E-state index in [1.54, 1.807) is 6.92 Å². The molecule has 4 heteroatoms. The van der Waals surface area contributed by atoms with Crippen LogP contribution in [0.2, 0.25) is 0 Å². The number of hydrogen-bond acceptors (Lipinski definition) is 4. The van der Waals surface area contributed by atoms with Gasteiger partial charge in [-0.2, -0.15) is 0 Å². The van der Waals surface area contributed by atoms with Gasteiger partial charge in [-0.3, -0.25) is 0 Å². The Morgan fingerprint density at radius 2 is 2.08 bits per heavy atom. The van der Waals surface area contributed by atoms with Crippen molar-refractivity contribution in [1.29, 1.82) is 0 Å². The first kappa shape index (κ1) is 10.9. The van der Waals surface area contributed by atoms with Gasteiger partial charge in [0, 0.05) is 12.5 Å². The van der Waals surface area contributed by atoms with Gasteiger partial charge in [0.2, 0.25) is 0 Å². The van der Waals surface area contributed by atoms with Gasteiger partial charge >= 0.3 is 0 Å². The van der Waals surface area contributed by atoms with Gasteiger partial charge in [-0.05, 0) is 20.5 Å². The number of aliphatic hydroxyl groups excluding tert-OH is 2. The number of likely N-dealkylation sites (N-methyl/N-ethyl adjacent to an activating group) is 1. The average molecular weight is 189 g/mol. The molecule has 13 heavy (non-hydrogen) atoms. The van der Waals surface area contributed by atoms with Crippen molar-refractivity contribution in [3.63, 3.8) is 0 Å². The molecule has 1 fully saturated rings. The van der Waals surface area contributed by atoms with Crippen LogP contribution in [0.3, 0.4) is 0 Å². The fourth-order valence-electron chi connectivity index (χ4n) is 1.72. The molecule has 0 radical (unpaired) electrons. The number of rotatable bonds is 2. The van der Waals surface area contributed by atoms with Gasteiger partial charge in [0.25, 0.3) is 0 Å². The fraction of sp³-hybridized carbons (Fsp3) is 1.00. The molecule has 0 aromatic heterocycles. The third-order valence-corrected chi connectivity index (χ3v) is 2.75. The normalized spacial score (nSPS) is 41.1. The summed E-state index contributed by atoms with van der Waals surface area (Å²) in [5.41, 5.74) is 0. The van der Waals surface area contributed by atoms with Gasteiger partial charge < -0.3 is 19.8 Å². The van der Waals surface area contributed by atoms with E-state index in [0.717, 1.165) is 6.54 Å². The predicted molar refractivity (Wildman–Crippen MR) is 49.3 cm³/mol. The molecule has 0 amide bonds. The van der Waals surface area contributed by atoms with E-state index in [-0.39, 0.29) is 12.1 Å². The van der Waals surface area contributed by atoms with Crippen LogP contribution >= 0.6 is 0 Å². The fourth-order valence-corrected chi connectivity index (χ4v) is 1.72. The molecular formula is C9H19NO3. The summed E-state index contributed by atoms with van der Waals surface area (Å²) in [6, 6.07) is 0.00347. The maximum Gasteiger partial charge on any atom is 0.156 e. The molecule has 1 aliphatic heterocycles. The highest BCUT2D eigenvalue weighted by Gasteiger charge is 2.35. The van der Waals surface area contributed by atoms with Crippen molar-refractivity contribution in [3.05, 3.63) is 0 Å². The Hall–Kier alpha value is -0.160. The Balaban J connectivity index is 2.60. The zero-order valence-corrected chi connectivity index (χ0v) is 8.47. The number of hydrogen-bond donors (Lipinski definition) is 2. The Labute approximate surface area is 79.1 Å². The van der Waals surface area contributed by atoms with Crippen molar-refractivity contribution >= 4 is 0 Å². The topological polar surface area (TPSA) is 52.9 Å². The minimum Gasteiger partial charge on any atom is -0.389 e. The molecule has 2 unspecified atom stereocenters. The van der Waals surface area contributed by atoms with Crippen LogP contribution in [0.25, 0.3) is 0 Å². The molecule has 0 spiro atoms. The van der Waals surface area contributed by atoms with Crippen LogP contribution in [0.15, 0.2) is 0 Å². The molecule has 1 aliphatic rings. The molecular weight excluding hydrogens is 170 g/mol. The lowest BCUT2D eigenvalue weighted by atomic mass is 9.98. The SMILES string of the molecule is CCN(C)C1C[C@H](O)OC(C)[C@H]1O. The van der Waals surface area contributed by atoms with E-state index in [1.807, 2.05) is 18.9 Å². The van der Waals surface area contributed by atoms with E-state index in [4.69, 9.17) is 4.74 Å². The second kappa shape index (κ2) is 4.37. The van der Waals surface area contributed by atoms with E-state index in [9.17, 15) is 10.2 Å². The number of nitrogens with zero attached hydrogens (tertiary/aromatic N) is 1. The second-order valence-corrected chi connectivity index (χ2v) is 3.66. The maximum atomic E-state index is 9.78. The summed E-state index contributed by atoms with van der Waals surface area (Å²) in [4.78, 5) is 2.03. The summed E-state index contributed by atoms with van der Waals surface area (Å²) in [6.07, 6.45) is -1.05. The molecule has 1 rings (SSSR count). The first-order chi connectivity index (χ1) is 6.06. The summed E-state index contributed by atoms with van der Waals surface area (Å²) in [6.45, 7) is 4.67. The van der Waals surface area contributed by atoms with Gasteiger partial charge in [0.15, 0.2) is 6.29 Å². The molecule has 4 nitrogen and oxygen atoms in total. The summed E-state index contributed by atoms with van der Waals surface area (Å²) in [5, 5.41) is 19.1. The van der Waals surface area contributed by atoms with Crippen molar-refractivity contribution in [2.75, 3.05) is 13.6 Å². The molecule has 1 saturated heterocycles. The van der Waals surface area contributed by atoms with Gasteiger partial charge in [0.1, 0.15) is 0 Å². The lowest BCUT2D eigenvalue weighted by molar-refractivity contribution is -0.214. The van der Waals surface area contributed by atoms with E-state index in [1.165, 1.54) is 0 Å². The first-order valence-electron chi connectivity index (χ1n) is 4.78. The zero-order chi connectivity index (χ0) is 10.0. The van der Waals surface area contributed by atoms with Crippen LogP contribution in [-0.2, 0) is 4.74 Å². The molecule has 0 aromatic rings. The number of ether oxygens (including phenoxy) is 1. The Bertz CT molecular complexity index is 165. The van der Waals surface area contributed by atoms with Gasteiger partial charge in [0.05, 0.1) is 12.2 Å². The molecule has 78 valence electrons. The van der Waals surface area contributed by atoms with Crippen molar-refractivity contribution in [2.24, 2.45) is 0 Å². The highest BCUT2D eigenvalue weighted by atomic mass is 16.6. The van der Waals surface area contributed by atoms with E-state index in [2.05, 4.69) is 0 Å². The molecule has 0 aromatic carbocycles. The first-order valence-corrected chi connectivity index (χ1v) is 4.78. The van der Waals surface area contributed by atoms with Crippen LogP contribution in [0.5, 0.6) is 0 Å². The van der Waals surface area contributed by atoms with Crippen LogP contribution in [0.1, 0.15) is 20.3 Å². The standard InChI is InChI=1S/C9H19NO3/c1-4-10(3)7-5-8(11)13-6(2)9(7)12/h6-9,11-12H,4-5H2,1-3H3/t6?,7?,8-,9-/m1/s1. The van der Waals surface area contributed by atoms with Crippen LogP contribution in [0.4, 0.5) is 0 Å². The van der Waals surface area contributed by atoms with E-state index in [0.29, 0.717) is 6.42 Å². The Morgan fingerprint density at radius 1 is 1.46 bits per heavy atom. The van der Waals surface area contributed by atoms with Gasteiger partial charge in [-0.25, -0.2) is 0 Å². The lowest BCUT2D eigenvalue weighted by Gasteiger charge is -2.40. The van der Waals surface area contributed by atoms with E-state index >= 15 is 0 Å². The molecule has 0 bridgehead atoms. The Kier molecular flexibility index (Phi) is 3.67. The predicted octanol–water partition coefficient (Wildman–Crippen LogP) is -0.205. The van der Waals surface area contributed by atoms with Crippen LogP contribution in [-0.4, -0.2) is 53.2 Å².